The number of carbonyl (C=O) groups excluding carboxylic acids is 1. The lowest BCUT2D eigenvalue weighted by Gasteiger charge is -2.17. The van der Waals surface area contributed by atoms with E-state index in [9.17, 15) is 4.79 Å². The van der Waals surface area contributed by atoms with Gasteiger partial charge in [-0.25, -0.2) is 0 Å². The molecule has 1 N–H and O–H groups in total. The summed E-state index contributed by atoms with van der Waals surface area (Å²) in [5.74, 6) is 0.903. The number of likely N-dealkylation sites (N-methyl/N-ethyl adjacent to an activating group) is 1. The maximum absolute atomic E-state index is 11.6. The van der Waals surface area contributed by atoms with Crippen molar-refractivity contribution in [1.82, 2.24) is 10.2 Å². The third-order valence-electron chi connectivity index (χ3n) is 2.47. The molecular weight excluding hydrogens is 228 g/mol. The van der Waals surface area contributed by atoms with Crippen molar-refractivity contribution in [1.29, 1.82) is 0 Å². The van der Waals surface area contributed by atoms with Crippen LogP contribution < -0.4 is 10.1 Å². The minimum absolute atomic E-state index is 0.0565. The Morgan fingerprint density at radius 1 is 1.33 bits per heavy atom. The average Bonchev–Trinajstić information content (AvgIpc) is 2.28. The van der Waals surface area contributed by atoms with Crippen LogP contribution in [0.5, 0.6) is 5.75 Å². The molecule has 0 aliphatic rings. The first-order valence-corrected chi connectivity index (χ1v) is 6.12. The van der Waals surface area contributed by atoms with Crippen LogP contribution in [0.3, 0.4) is 0 Å². The number of methoxy groups -OCH3 is 1. The molecule has 0 bridgehead atoms. The largest absolute Gasteiger partial charge is 0.497 e. The van der Waals surface area contributed by atoms with Crippen LogP contribution in [0, 0.1) is 0 Å². The maximum Gasteiger partial charge on any atom is 0.234 e. The molecule has 0 saturated heterocycles. The number of benzene rings is 1. The first-order valence-electron chi connectivity index (χ1n) is 6.12. The van der Waals surface area contributed by atoms with Crippen LogP contribution in [0.25, 0.3) is 0 Å². The molecule has 0 aliphatic heterocycles. The van der Waals surface area contributed by atoms with Gasteiger partial charge in [0.25, 0.3) is 0 Å². The fraction of sp³-hybridized carbons (Fsp3) is 0.500. The molecule has 0 radical (unpaired) electrons. The van der Waals surface area contributed by atoms with E-state index in [0.717, 1.165) is 17.9 Å². The number of hydrogen-bond acceptors (Lipinski definition) is 3. The molecule has 1 amide bonds. The van der Waals surface area contributed by atoms with Crippen LogP contribution >= 0.6 is 0 Å². The number of rotatable bonds is 6. The van der Waals surface area contributed by atoms with E-state index in [1.54, 1.807) is 7.11 Å². The zero-order valence-electron chi connectivity index (χ0n) is 11.6. The Morgan fingerprint density at radius 3 is 2.44 bits per heavy atom. The number of ether oxygens (including phenoxy) is 1. The van der Waals surface area contributed by atoms with E-state index in [2.05, 4.69) is 5.32 Å². The average molecular weight is 250 g/mol. The van der Waals surface area contributed by atoms with Crippen molar-refractivity contribution in [2.45, 2.75) is 26.4 Å². The topological polar surface area (TPSA) is 41.6 Å². The van der Waals surface area contributed by atoms with Crippen molar-refractivity contribution in [3.63, 3.8) is 0 Å². The highest BCUT2D eigenvalue weighted by molar-refractivity contribution is 5.78. The molecule has 0 aliphatic carbocycles. The minimum Gasteiger partial charge on any atom is -0.497 e. The van der Waals surface area contributed by atoms with Crippen LogP contribution in [0.1, 0.15) is 19.4 Å². The Bertz CT molecular complexity index is 374. The van der Waals surface area contributed by atoms with Crippen LogP contribution in [0.4, 0.5) is 0 Å². The van der Waals surface area contributed by atoms with Gasteiger partial charge in [0, 0.05) is 12.6 Å². The third kappa shape index (κ3) is 5.19. The van der Waals surface area contributed by atoms with Crippen molar-refractivity contribution in [3.05, 3.63) is 29.8 Å². The molecule has 1 aromatic carbocycles. The lowest BCUT2D eigenvalue weighted by atomic mass is 10.2. The van der Waals surface area contributed by atoms with Gasteiger partial charge < -0.3 is 10.1 Å². The van der Waals surface area contributed by atoms with Gasteiger partial charge in [-0.2, -0.15) is 0 Å². The molecule has 18 heavy (non-hydrogen) atoms. The highest BCUT2D eigenvalue weighted by Crippen LogP contribution is 2.12. The molecular formula is C14H22N2O2. The van der Waals surface area contributed by atoms with Gasteiger partial charge in [-0.1, -0.05) is 12.1 Å². The first-order chi connectivity index (χ1) is 8.51. The van der Waals surface area contributed by atoms with Crippen LogP contribution in [0.2, 0.25) is 0 Å². The van der Waals surface area contributed by atoms with E-state index < -0.39 is 0 Å². The molecule has 0 saturated carbocycles. The van der Waals surface area contributed by atoms with E-state index in [-0.39, 0.29) is 11.9 Å². The second-order valence-electron chi connectivity index (χ2n) is 4.74. The van der Waals surface area contributed by atoms with Gasteiger partial charge in [-0.3, -0.25) is 9.69 Å². The Labute approximate surface area is 109 Å². The summed E-state index contributed by atoms with van der Waals surface area (Å²) < 4.78 is 5.10. The molecule has 4 heteroatoms. The van der Waals surface area contributed by atoms with Crippen LogP contribution in [0.15, 0.2) is 24.3 Å². The number of carbonyl (C=O) groups is 1. The summed E-state index contributed by atoms with van der Waals surface area (Å²) in [4.78, 5) is 13.6. The van der Waals surface area contributed by atoms with Gasteiger partial charge in [-0.05, 0) is 38.6 Å². The van der Waals surface area contributed by atoms with E-state index >= 15 is 0 Å². The molecule has 1 aromatic rings. The molecule has 100 valence electrons. The van der Waals surface area contributed by atoms with Gasteiger partial charge in [0.15, 0.2) is 0 Å². The lowest BCUT2D eigenvalue weighted by molar-refractivity contribution is -0.122. The highest BCUT2D eigenvalue weighted by atomic mass is 16.5. The summed E-state index contributed by atoms with van der Waals surface area (Å²) in [5, 5.41) is 2.88. The summed E-state index contributed by atoms with van der Waals surface area (Å²) in [6.45, 7) is 5.07. The van der Waals surface area contributed by atoms with Crippen LogP contribution in [-0.2, 0) is 11.3 Å². The maximum atomic E-state index is 11.6. The normalized spacial score (nSPS) is 10.8. The highest BCUT2D eigenvalue weighted by Gasteiger charge is 2.08. The Hall–Kier alpha value is -1.55. The summed E-state index contributed by atoms with van der Waals surface area (Å²) in [7, 11) is 3.58. The number of nitrogens with one attached hydrogen (secondary N) is 1. The zero-order valence-corrected chi connectivity index (χ0v) is 11.6. The quantitative estimate of drug-likeness (QED) is 0.834. The molecule has 0 heterocycles. The third-order valence-corrected chi connectivity index (χ3v) is 2.47. The van der Waals surface area contributed by atoms with Gasteiger partial charge in [-0.15, -0.1) is 0 Å². The molecule has 0 fully saturated rings. The molecule has 0 unspecified atom stereocenters. The van der Waals surface area contributed by atoms with Crippen LogP contribution in [-0.4, -0.2) is 37.6 Å². The molecule has 0 aromatic heterocycles. The van der Waals surface area contributed by atoms with Crippen molar-refractivity contribution < 1.29 is 9.53 Å². The van der Waals surface area contributed by atoms with Gasteiger partial charge in [0.05, 0.1) is 13.7 Å². The number of amides is 1. The van der Waals surface area contributed by atoms with E-state index in [1.165, 1.54) is 0 Å². The van der Waals surface area contributed by atoms with E-state index in [4.69, 9.17) is 4.74 Å². The zero-order chi connectivity index (χ0) is 13.5. The van der Waals surface area contributed by atoms with Gasteiger partial charge in [0.1, 0.15) is 5.75 Å². The summed E-state index contributed by atoms with van der Waals surface area (Å²) in [5.41, 5.74) is 1.16. The molecule has 0 spiro atoms. The summed E-state index contributed by atoms with van der Waals surface area (Å²) in [6.07, 6.45) is 0. The van der Waals surface area contributed by atoms with Crippen molar-refractivity contribution in [2.24, 2.45) is 0 Å². The SMILES string of the molecule is COc1ccc(CN(C)CC(=O)NC(C)C)cc1. The van der Waals surface area contributed by atoms with E-state index in [1.807, 2.05) is 50.1 Å². The Morgan fingerprint density at radius 2 is 1.94 bits per heavy atom. The van der Waals surface area contributed by atoms with Crippen molar-refractivity contribution >= 4 is 5.91 Å². The number of nitrogens with zero attached hydrogens (tertiary/aromatic N) is 1. The Kier molecular flexibility index (Phi) is 5.65. The minimum atomic E-state index is 0.0565. The predicted octanol–water partition coefficient (Wildman–Crippen LogP) is 1.65. The fourth-order valence-corrected chi connectivity index (χ4v) is 1.71. The lowest BCUT2D eigenvalue weighted by Crippen LogP contribution is -2.38. The second-order valence-corrected chi connectivity index (χ2v) is 4.74. The standard InChI is InChI=1S/C14H22N2O2/c1-11(2)15-14(17)10-16(3)9-12-5-7-13(18-4)8-6-12/h5-8,11H,9-10H2,1-4H3,(H,15,17). The smallest absolute Gasteiger partial charge is 0.234 e. The van der Waals surface area contributed by atoms with Crippen molar-refractivity contribution in [3.8, 4) is 5.75 Å². The molecule has 1 rings (SSSR count). The van der Waals surface area contributed by atoms with Crippen molar-refractivity contribution in [2.75, 3.05) is 20.7 Å². The number of hydrogen-bond donors (Lipinski definition) is 1. The molecule has 0 atom stereocenters. The summed E-state index contributed by atoms with van der Waals surface area (Å²) in [6, 6.07) is 8.06. The first kappa shape index (κ1) is 14.5. The van der Waals surface area contributed by atoms with E-state index in [0.29, 0.717) is 6.54 Å². The Balaban J connectivity index is 2.43. The van der Waals surface area contributed by atoms with Gasteiger partial charge in [0.2, 0.25) is 5.91 Å². The second kappa shape index (κ2) is 7.01. The monoisotopic (exact) mass is 250 g/mol. The fourth-order valence-electron chi connectivity index (χ4n) is 1.71. The summed E-state index contributed by atoms with van der Waals surface area (Å²) >= 11 is 0. The van der Waals surface area contributed by atoms with Gasteiger partial charge >= 0.3 is 0 Å². The molecule has 4 nitrogen and oxygen atoms in total. The predicted molar refractivity (Wildman–Crippen MR) is 72.6 cm³/mol.